The number of rotatable bonds is 19. The van der Waals surface area contributed by atoms with Crippen molar-refractivity contribution in [2.45, 2.75) is 81.5 Å². The van der Waals surface area contributed by atoms with Crippen LogP contribution in [0.25, 0.3) is 0 Å². The second-order valence-corrected chi connectivity index (χ2v) is 18.1. The molecule has 8 rings (SSSR count). The van der Waals surface area contributed by atoms with Crippen molar-refractivity contribution >= 4 is 41.4 Å². The van der Waals surface area contributed by atoms with Gasteiger partial charge in [0.05, 0.1) is 87.3 Å². The van der Waals surface area contributed by atoms with Gasteiger partial charge in [0.25, 0.3) is 17.7 Å². The number of nitrogens with zero attached hydrogens (tertiary/aromatic N) is 4. The molecule has 5 aliphatic heterocycles. The first-order chi connectivity index (χ1) is 34.7. The van der Waals surface area contributed by atoms with Crippen molar-refractivity contribution in [2.24, 2.45) is 4.99 Å². The summed E-state index contributed by atoms with van der Waals surface area (Å²) < 4.78 is 46.0. The Morgan fingerprint density at radius 1 is 0.792 bits per heavy atom. The third-order valence-electron chi connectivity index (χ3n) is 13.1. The summed E-state index contributed by atoms with van der Waals surface area (Å²) in [6, 6.07) is 10.4. The van der Waals surface area contributed by atoms with Crippen LogP contribution in [-0.2, 0) is 20.8 Å². The number of methoxy groups -OCH3 is 3. The molecule has 0 bridgehead atoms. The molecule has 5 aliphatic rings. The van der Waals surface area contributed by atoms with Gasteiger partial charge in [-0.2, -0.15) is 0 Å². The van der Waals surface area contributed by atoms with Crippen LogP contribution in [0.4, 0.5) is 16.2 Å². The molecule has 3 aromatic rings. The molecular formula is C51H61N5O16. The number of aliphatic hydroxyl groups excluding tert-OH is 4. The highest BCUT2D eigenvalue weighted by Crippen LogP contribution is 2.42. The predicted octanol–water partition coefficient (Wildman–Crippen LogP) is 3.30. The van der Waals surface area contributed by atoms with Gasteiger partial charge in [-0.05, 0) is 61.9 Å². The van der Waals surface area contributed by atoms with E-state index in [-0.39, 0.29) is 73.3 Å². The van der Waals surface area contributed by atoms with Crippen molar-refractivity contribution < 1.29 is 77.5 Å². The Morgan fingerprint density at radius 2 is 1.47 bits per heavy atom. The Balaban J connectivity index is 0.935. The maximum atomic E-state index is 14.3. The smallest absolute Gasteiger partial charge is 0.414 e. The lowest BCUT2D eigenvalue weighted by atomic mass is 9.99. The monoisotopic (exact) mass is 999 g/mol. The molecule has 0 spiro atoms. The second-order valence-electron chi connectivity index (χ2n) is 18.1. The highest BCUT2D eigenvalue weighted by molar-refractivity contribution is 6.06. The summed E-state index contributed by atoms with van der Waals surface area (Å²) >= 11 is 0. The Labute approximate surface area is 416 Å². The zero-order valence-electron chi connectivity index (χ0n) is 40.5. The summed E-state index contributed by atoms with van der Waals surface area (Å²) in [6.45, 7) is 8.95. The number of unbranched alkanes of at least 4 members (excludes halogenated alkanes) is 2. The normalized spacial score (nSPS) is 23.4. The predicted molar refractivity (Wildman–Crippen MR) is 259 cm³/mol. The van der Waals surface area contributed by atoms with Gasteiger partial charge < -0.3 is 73.4 Å². The molecule has 5 N–H and O–H groups in total. The van der Waals surface area contributed by atoms with E-state index in [2.05, 4.69) is 23.5 Å². The minimum atomic E-state index is -1.74. The van der Waals surface area contributed by atoms with Crippen molar-refractivity contribution in [3.8, 4) is 28.7 Å². The summed E-state index contributed by atoms with van der Waals surface area (Å²) in [5.74, 6) is 0.367. The summed E-state index contributed by atoms with van der Waals surface area (Å²) in [5.41, 5.74) is 3.55. The number of aliphatic hydroxyl groups is 4. The molecular weight excluding hydrogens is 939 g/mol. The minimum Gasteiger partial charge on any atom is -0.493 e. The zero-order valence-corrected chi connectivity index (χ0v) is 40.5. The molecule has 72 heavy (non-hydrogen) atoms. The van der Waals surface area contributed by atoms with E-state index < -0.39 is 55.4 Å². The molecule has 0 aromatic heterocycles. The molecule has 0 unspecified atom stereocenters. The molecule has 3 saturated heterocycles. The third kappa shape index (κ3) is 11.0. The number of benzene rings is 3. The van der Waals surface area contributed by atoms with E-state index >= 15 is 0 Å². The first-order valence-corrected chi connectivity index (χ1v) is 23.7. The average Bonchev–Trinajstić information content (AvgIpc) is 3.89. The molecule has 3 aromatic carbocycles. The van der Waals surface area contributed by atoms with Gasteiger partial charge in [-0.3, -0.25) is 24.3 Å². The van der Waals surface area contributed by atoms with Crippen LogP contribution in [0.3, 0.4) is 0 Å². The lowest BCUT2D eigenvalue weighted by molar-refractivity contribution is -0.277. The molecule has 3 fully saturated rings. The fourth-order valence-corrected chi connectivity index (χ4v) is 9.30. The maximum Gasteiger partial charge on any atom is 0.414 e. The molecule has 21 heteroatoms. The molecule has 386 valence electrons. The van der Waals surface area contributed by atoms with Gasteiger partial charge in [0, 0.05) is 45.1 Å². The van der Waals surface area contributed by atoms with Gasteiger partial charge in [-0.15, -0.1) is 0 Å². The van der Waals surface area contributed by atoms with E-state index in [1.54, 1.807) is 40.3 Å². The molecule has 21 nitrogen and oxygen atoms in total. The first kappa shape index (κ1) is 51.6. The van der Waals surface area contributed by atoms with Crippen LogP contribution in [0.15, 0.2) is 71.8 Å². The highest BCUT2D eigenvalue weighted by Gasteiger charge is 2.45. The Bertz CT molecular complexity index is 2590. The number of amides is 4. The van der Waals surface area contributed by atoms with Crippen molar-refractivity contribution in [2.75, 3.05) is 78.8 Å². The maximum absolute atomic E-state index is 14.3. The van der Waals surface area contributed by atoms with Crippen LogP contribution < -0.4 is 33.9 Å². The van der Waals surface area contributed by atoms with Crippen molar-refractivity contribution in [3.63, 3.8) is 0 Å². The van der Waals surface area contributed by atoms with Gasteiger partial charge in [-0.1, -0.05) is 30.4 Å². The Kier molecular flexibility index (Phi) is 16.3. The van der Waals surface area contributed by atoms with E-state index in [1.165, 1.54) is 44.4 Å². The van der Waals surface area contributed by atoms with Crippen LogP contribution in [0.5, 0.6) is 28.7 Å². The first-order valence-electron chi connectivity index (χ1n) is 23.7. The van der Waals surface area contributed by atoms with E-state index in [9.17, 15) is 39.6 Å². The number of carbonyl (C=O) groups excluding carboxylic acids is 4. The van der Waals surface area contributed by atoms with E-state index in [4.69, 9.17) is 37.9 Å². The van der Waals surface area contributed by atoms with Crippen LogP contribution in [0, 0.1) is 0 Å². The molecule has 0 radical (unpaired) electrons. The van der Waals surface area contributed by atoms with Gasteiger partial charge in [0.15, 0.2) is 23.0 Å². The van der Waals surface area contributed by atoms with E-state index in [0.29, 0.717) is 91.6 Å². The quantitative estimate of drug-likeness (QED) is 0.0853. The van der Waals surface area contributed by atoms with Gasteiger partial charge >= 0.3 is 6.09 Å². The molecule has 0 saturated carbocycles. The largest absolute Gasteiger partial charge is 0.493 e. The summed E-state index contributed by atoms with van der Waals surface area (Å²) in [6.07, 6.45) is -3.78. The number of carbonyl (C=O) groups is 4. The molecule has 7 atom stereocenters. The molecule has 5 heterocycles. The Morgan fingerprint density at radius 3 is 2.18 bits per heavy atom. The van der Waals surface area contributed by atoms with Crippen molar-refractivity contribution in [1.82, 2.24) is 15.1 Å². The average molecular weight is 1000 g/mol. The van der Waals surface area contributed by atoms with Crippen LogP contribution in [0.1, 0.15) is 68.7 Å². The minimum absolute atomic E-state index is 0.0458. The fraction of sp³-hybridized carbons (Fsp3) is 0.471. The summed E-state index contributed by atoms with van der Waals surface area (Å²) in [7, 11) is 4.46. The van der Waals surface area contributed by atoms with Gasteiger partial charge in [-0.25, -0.2) is 4.79 Å². The number of hydrogen-bond acceptors (Lipinski definition) is 17. The van der Waals surface area contributed by atoms with E-state index in [1.807, 2.05) is 0 Å². The lowest BCUT2D eigenvalue weighted by Gasteiger charge is -2.39. The van der Waals surface area contributed by atoms with E-state index in [0.717, 1.165) is 11.1 Å². The third-order valence-corrected chi connectivity index (χ3v) is 13.1. The SMILES string of the molecule is C=C1C[C@H]2CN(C(=O)OCc3ccc(O[C@@H]4O[C@H](CO)[C@H](O)[C@H](O)[C@H]4O)c(C(=O)NCCOC)c3)c3cc(OCCCCCOc4cc5c(cc4OC)C(=O)N4CC(=C)C[C@H]4C=N5)c(OC)cc3C(=O)N2C1. The number of ether oxygens (including phenoxy) is 8. The van der Waals surface area contributed by atoms with Gasteiger partial charge in [0.1, 0.15) is 36.8 Å². The number of anilines is 1. The number of hydrogen-bond donors (Lipinski definition) is 5. The Hall–Kier alpha value is -6.75. The van der Waals surface area contributed by atoms with Crippen molar-refractivity contribution in [1.29, 1.82) is 0 Å². The lowest BCUT2D eigenvalue weighted by Crippen LogP contribution is -2.60. The van der Waals surface area contributed by atoms with Crippen LogP contribution in [0.2, 0.25) is 0 Å². The second kappa shape index (κ2) is 22.8. The van der Waals surface area contributed by atoms with Crippen molar-refractivity contribution in [3.05, 3.63) is 89.0 Å². The zero-order chi connectivity index (χ0) is 51.2. The summed E-state index contributed by atoms with van der Waals surface area (Å²) in [5, 5.41) is 43.6. The molecule has 4 amide bonds. The van der Waals surface area contributed by atoms with Crippen LogP contribution >= 0.6 is 0 Å². The summed E-state index contributed by atoms with van der Waals surface area (Å²) in [4.78, 5) is 64.7. The number of nitrogens with one attached hydrogen (secondary N) is 1. The number of aliphatic imine (C=N–C) groups is 1. The fourth-order valence-electron chi connectivity index (χ4n) is 9.30. The van der Waals surface area contributed by atoms with Crippen LogP contribution in [-0.4, -0.2) is 177 Å². The molecule has 0 aliphatic carbocycles. The number of fused-ring (bicyclic) bond motifs is 4. The van der Waals surface area contributed by atoms with Gasteiger partial charge in [0.2, 0.25) is 6.29 Å². The highest BCUT2D eigenvalue weighted by atomic mass is 16.7. The topological polar surface area (TPSA) is 257 Å². The standard InChI is InChI=1S/C51H61N5O16/c1-28-15-31-22-53-36-20-41(39(66-4)18-33(36)48(62)54(31)23-28)68-12-7-6-8-13-69-42-21-37-34(19-40(42)67-5)49(63)55-24-29(2)16-32(55)25-56(37)51(64)70-27-30-9-10-38(35(17-30)47(61)52-11-14-65-3)71-50-46(60)45(59)44(58)43(26-57)72-50/h9-10,17-22,31-32,43-46,50,57-60H,1-2,6-8,11-16,23-27H2,3-5H3,(H,52,61)/t31-,32-,43+,44-,45-,46+,50+/m0/s1.